The van der Waals surface area contributed by atoms with Gasteiger partial charge in [0.1, 0.15) is 12.1 Å². The highest BCUT2D eigenvalue weighted by Crippen LogP contribution is 2.45. The number of nitrogens with zero attached hydrogens (tertiary/aromatic N) is 2. The Morgan fingerprint density at radius 2 is 1.29 bits per heavy atom. The lowest BCUT2D eigenvalue weighted by Gasteiger charge is -2.11. The molecule has 0 saturated heterocycles. The van der Waals surface area contributed by atoms with Gasteiger partial charge in [-0.1, -0.05) is 58.2 Å². The zero-order valence-electron chi connectivity index (χ0n) is 10.1. The van der Waals surface area contributed by atoms with Gasteiger partial charge in [-0.25, -0.2) is 0 Å². The second-order valence-electron chi connectivity index (χ2n) is 3.80. The molecule has 2 aromatic carbocycles. The molecule has 7 heteroatoms. The summed E-state index contributed by atoms with van der Waals surface area (Å²) in [6.45, 7) is 0. The van der Waals surface area contributed by atoms with Crippen molar-refractivity contribution in [1.29, 1.82) is 10.5 Å². The third kappa shape index (κ3) is 3.24. The summed E-state index contributed by atoms with van der Waals surface area (Å²) in [4.78, 5) is 1.26. The number of hydrogen-bond donors (Lipinski definition) is 0. The van der Waals surface area contributed by atoms with Crippen LogP contribution in [0.4, 0.5) is 0 Å². The average molecular weight is 374 g/mol. The first-order valence-electron chi connectivity index (χ1n) is 5.43. The Balaban J connectivity index is 2.60. The fourth-order valence-electron chi connectivity index (χ4n) is 1.56. The van der Waals surface area contributed by atoms with Gasteiger partial charge in [0.25, 0.3) is 0 Å². The largest absolute Gasteiger partial charge is 0.192 e. The minimum absolute atomic E-state index is 0.0185. The van der Waals surface area contributed by atoms with Gasteiger partial charge in [-0.15, -0.1) is 0 Å². The summed E-state index contributed by atoms with van der Waals surface area (Å²) < 4.78 is 0. The van der Waals surface area contributed by atoms with Crippen molar-refractivity contribution in [3.8, 4) is 12.1 Å². The van der Waals surface area contributed by atoms with E-state index < -0.39 is 0 Å². The van der Waals surface area contributed by atoms with Crippen LogP contribution in [0.3, 0.4) is 0 Å². The summed E-state index contributed by atoms with van der Waals surface area (Å²) in [6.07, 6.45) is 0. The molecule has 0 amide bonds. The third-order valence-corrected chi connectivity index (χ3v) is 5.36. The SMILES string of the molecule is N#Cc1c(Cl)c(Cl)c(Sc2ccc(Cl)cc2)c(Cl)c1C#N. The van der Waals surface area contributed by atoms with Crippen molar-refractivity contribution < 1.29 is 0 Å². The minimum Gasteiger partial charge on any atom is -0.192 e. The van der Waals surface area contributed by atoms with E-state index in [4.69, 9.17) is 56.9 Å². The molecule has 0 N–H and O–H groups in total. The molecule has 0 aromatic heterocycles. The zero-order chi connectivity index (χ0) is 15.6. The second kappa shape index (κ2) is 6.79. The molecule has 0 unspecified atom stereocenters. The molecule has 2 rings (SSSR count). The van der Waals surface area contributed by atoms with Gasteiger partial charge in [0, 0.05) is 9.92 Å². The van der Waals surface area contributed by atoms with Crippen LogP contribution < -0.4 is 0 Å². The van der Waals surface area contributed by atoms with Crippen molar-refractivity contribution in [1.82, 2.24) is 0 Å². The van der Waals surface area contributed by atoms with Gasteiger partial charge >= 0.3 is 0 Å². The van der Waals surface area contributed by atoms with E-state index in [2.05, 4.69) is 0 Å². The molecule has 2 aromatic rings. The lowest BCUT2D eigenvalue weighted by atomic mass is 10.1. The summed E-state index contributed by atoms with van der Waals surface area (Å²) in [5.74, 6) is 0. The van der Waals surface area contributed by atoms with Crippen molar-refractivity contribution in [3.05, 3.63) is 55.5 Å². The molecule has 0 bridgehead atoms. The predicted molar refractivity (Wildman–Crippen MR) is 86.5 cm³/mol. The molecule has 0 radical (unpaired) electrons. The summed E-state index contributed by atoms with van der Waals surface area (Å²) in [6, 6.07) is 10.8. The van der Waals surface area contributed by atoms with E-state index in [0.29, 0.717) is 9.92 Å². The van der Waals surface area contributed by atoms with Crippen LogP contribution >= 0.6 is 58.2 Å². The first-order valence-corrected chi connectivity index (χ1v) is 7.76. The number of hydrogen-bond acceptors (Lipinski definition) is 3. The van der Waals surface area contributed by atoms with Crippen LogP contribution in [0.1, 0.15) is 11.1 Å². The highest BCUT2D eigenvalue weighted by Gasteiger charge is 2.22. The van der Waals surface area contributed by atoms with Crippen LogP contribution in [-0.2, 0) is 0 Å². The molecular weight excluding hydrogens is 370 g/mol. The molecular formula is C14H4Cl4N2S. The van der Waals surface area contributed by atoms with Crippen molar-refractivity contribution in [2.24, 2.45) is 0 Å². The molecule has 0 aliphatic heterocycles. The highest BCUT2D eigenvalue weighted by molar-refractivity contribution is 7.99. The van der Waals surface area contributed by atoms with E-state index in [1.54, 1.807) is 24.3 Å². The van der Waals surface area contributed by atoms with Crippen LogP contribution in [0.15, 0.2) is 34.1 Å². The van der Waals surface area contributed by atoms with Crippen molar-refractivity contribution in [2.45, 2.75) is 9.79 Å². The van der Waals surface area contributed by atoms with Crippen molar-refractivity contribution >= 4 is 58.2 Å². The standard InChI is InChI=1S/C14H4Cl4N2S/c15-7-1-3-8(4-2-7)21-14-12(17)10(6-20)9(5-19)11(16)13(14)18/h1-4H. The van der Waals surface area contributed by atoms with Gasteiger partial charge in [0.05, 0.1) is 31.1 Å². The van der Waals surface area contributed by atoms with Gasteiger partial charge in [-0.3, -0.25) is 0 Å². The molecule has 2 nitrogen and oxygen atoms in total. The Morgan fingerprint density at radius 3 is 1.81 bits per heavy atom. The fraction of sp³-hybridized carbons (Fsp3) is 0. The minimum atomic E-state index is -0.0189. The van der Waals surface area contributed by atoms with E-state index >= 15 is 0 Å². The molecule has 104 valence electrons. The highest BCUT2D eigenvalue weighted by atomic mass is 35.5. The number of benzene rings is 2. The Morgan fingerprint density at radius 1 is 0.762 bits per heavy atom. The van der Waals surface area contributed by atoms with E-state index in [0.717, 1.165) is 4.90 Å². The van der Waals surface area contributed by atoms with Gasteiger partial charge in [0.15, 0.2) is 0 Å². The maximum absolute atomic E-state index is 9.16. The van der Waals surface area contributed by atoms with Crippen LogP contribution in [0, 0.1) is 22.7 Å². The molecule has 0 heterocycles. The molecule has 0 saturated carbocycles. The van der Waals surface area contributed by atoms with Crippen LogP contribution in [0.25, 0.3) is 0 Å². The smallest absolute Gasteiger partial charge is 0.102 e. The molecule has 0 aliphatic rings. The molecule has 21 heavy (non-hydrogen) atoms. The Kier molecular flexibility index (Phi) is 5.27. The number of nitriles is 2. The first kappa shape index (κ1) is 16.3. The summed E-state index contributed by atoms with van der Waals surface area (Å²) >= 11 is 25.5. The quantitative estimate of drug-likeness (QED) is 0.589. The predicted octanol–water partition coefficient (Wildman–Crippen LogP) is 6.19. The Labute approximate surface area is 145 Å². The maximum atomic E-state index is 9.16. The average Bonchev–Trinajstić information content (AvgIpc) is 2.49. The van der Waals surface area contributed by atoms with Crippen LogP contribution in [0.5, 0.6) is 0 Å². The van der Waals surface area contributed by atoms with Gasteiger partial charge in [-0.2, -0.15) is 10.5 Å². The normalized spacial score (nSPS) is 10.0. The van der Waals surface area contributed by atoms with E-state index in [9.17, 15) is 0 Å². The van der Waals surface area contributed by atoms with E-state index in [-0.39, 0.29) is 26.2 Å². The fourth-order valence-corrected chi connectivity index (χ4v) is 3.56. The topological polar surface area (TPSA) is 47.6 Å². The van der Waals surface area contributed by atoms with E-state index in [1.807, 2.05) is 12.1 Å². The lowest BCUT2D eigenvalue weighted by molar-refractivity contribution is 1.35. The van der Waals surface area contributed by atoms with Crippen molar-refractivity contribution in [3.63, 3.8) is 0 Å². The summed E-state index contributed by atoms with van der Waals surface area (Å²) in [7, 11) is 0. The van der Waals surface area contributed by atoms with Gasteiger partial charge < -0.3 is 0 Å². The van der Waals surface area contributed by atoms with Crippen LogP contribution in [-0.4, -0.2) is 0 Å². The van der Waals surface area contributed by atoms with Crippen molar-refractivity contribution in [2.75, 3.05) is 0 Å². The summed E-state index contributed by atoms with van der Waals surface area (Å²) in [5.41, 5.74) is -0.000321. The van der Waals surface area contributed by atoms with Gasteiger partial charge in [-0.05, 0) is 24.3 Å². The Bertz CT molecular complexity index is 789. The monoisotopic (exact) mass is 372 g/mol. The lowest BCUT2D eigenvalue weighted by Crippen LogP contribution is -1.92. The van der Waals surface area contributed by atoms with Crippen LogP contribution in [0.2, 0.25) is 20.1 Å². The number of rotatable bonds is 2. The Hall–Kier alpha value is -1.07. The van der Waals surface area contributed by atoms with Gasteiger partial charge in [0.2, 0.25) is 0 Å². The molecule has 0 fully saturated rings. The maximum Gasteiger partial charge on any atom is 0.102 e. The molecule has 0 spiro atoms. The number of halogens is 4. The summed E-state index contributed by atoms with van der Waals surface area (Å²) in [5, 5.41) is 19.1. The third-order valence-electron chi connectivity index (χ3n) is 2.54. The zero-order valence-corrected chi connectivity index (χ0v) is 14.0. The molecule has 0 atom stereocenters. The second-order valence-corrected chi connectivity index (χ2v) is 6.45. The molecule has 0 aliphatic carbocycles. The van der Waals surface area contributed by atoms with E-state index in [1.165, 1.54) is 11.8 Å². The first-order chi connectivity index (χ1) is 9.99.